The zero-order valence-corrected chi connectivity index (χ0v) is 17.4. The van der Waals surface area contributed by atoms with Gasteiger partial charge in [0, 0.05) is 19.0 Å². The van der Waals surface area contributed by atoms with E-state index in [0.29, 0.717) is 25.4 Å². The standard InChI is InChI=1S/C25H30N2O3/c28-24(14-7-17-26-25(29)30-18-19-8-2-1-3-9-19)27(21-15-16-21)23-13-6-11-20-10-4-5-12-22(20)23/h1-5,8-10,12,21,23H,6-7,11,13-18H2,(H,26,29). The molecule has 0 bridgehead atoms. The van der Waals surface area contributed by atoms with Crippen molar-refractivity contribution >= 4 is 12.0 Å². The molecule has 1 atom stereocenters. The molecule has 30 heavy (non-hydrogen) atoms. The highest BCUT2D eigenvalue weighted by Crippen LogP contribution is 2.41. The summed E-state index contributed by atoms with van der Waals surface area (Å²) in [4.78, 5) is 27.1. The van der Waals surface area contributed by atoms with Crippen LogP contribution in [0.5, 0.6) is 0 Å². The molecule has 158 valence electrons. The van der Waals surface area contributed by atoms with Gasteiger partial charge < -0.3 is 15.0 Å². The minimum Gasteiger partial charge on any atom is -0.445 e. The Morgan fingerprint density at radius 3 is 2.57 bits per heavy atom. The lowest BCUT2D eigenvalue weighted by Gasteiger charge is -2.36. The van der Waals surface area contributed by atoms with Crippen molar-refractivity contribution in [3.8, 4) is 0 Å². The molecule has 4 rings (SSSR count). The number of aryl methyl sites for hydroxylation is 1. The van der Waals surface area contributed by atoms with Crippen molar-refractivity contribution < 1.29 is 14.3 Å². The highest BCUT2D eigenvalue weighted by atomic mass is 16.5. The Hall–Kier alpha value is -2.82. The van der Waals surface area contributed by atoms with Crippen molar-refractivity contribution in [2.24, 2.45) is 0 Å². The van der Waals surface area contributed by atoms with Crippen LogP contribution in [-0.2, 0) is 22.6 Å². The highest BCUT2D eigenvalue weighted by Gasteiger charge is 2.38. The Bertz CT molecular complexity index is 864. The number of fused-ring (bicyclic) bond motifs is 1. The van der Waals surface area contributed by atoms with E-state index in [0.717, 1.165) is 37.7 Å². The first-order valence-electron chi connectivity index (χ1n) is 11.1. The summed E-state index contributed by atoms with van der Waals surface area (Å²) in [5, 5.41) is 2.76. The Morgan fingerprint density at radius 1 is 1.00 bits per heavy atom. The van der Waals surface area contributed by atoms with Crippen LogP contribution >= 0.6 is 0 Å². The first-order chi connectivity index (χ1) is 14.7. The van der Waals surface area contributed by atoms with Gasteiger partial charge in [-0.25, -0.2) is 4.79 Å². The normalized spacial score (nSPS) is 17.7. The quantitative estimate of drug-likeness (QED) is 0.643. The Kier molecular flexibility index (Phi) is 6.67. The lowest BCUT2D eigenvalue weighted by atomic mass is 9.86. The molecule has 1 saturated carbocycles. The lowest BCUT2D eigenvalue weighted by molar-refractivity contribution is -0.134. The number of rotatable bonds is 8. The van der Waals surface area contributed by atoms with Crippen molar-refractivity contribution in [1.29, 1.82) is 0 Å². The molecular formula is C25H30N2O3. The van der Waals surface area contributed by atoms with Gasteiger partial charge in [0.15, 0.2) is 0 Å². The summed E-state index contributed by atoms with van der Waals surface area (Å²) in [6, 6.07) is 18.7. The molecule has 2 aromatic carbocycles. The van der Waals surface area contributed by atoms with Gasteiger partial charge in [-0.3, -0.25) is 4.79 Å². The van der Waals surface area contributed by atoms with Crippen LogP contribution in [0.25, 0.3) is 0 Å². The predicted molar refractivity (Wildman–Crippen MR) is 116 cm³/mol. The Labute approximate surface area is 178 Å². The van der Waals surface area contributed by atoms with Crippen molar-refractivity contribution in [2.75, 3.05) is 6.54 Å². The van der Waals surface area contributed by atoms with Crippen LogP contribution in [0.2, 0.25) is 0 Å². The largest absolute Gasteiger partial charge is 0.445 e. The fraction of sp³-hybridized carbons (Fsp3) is 0.440. The van der Waals surface area contributed by atoms with E-state index in [1.165, 1.54) is 11.1 Å². The van der Waals surface area contributed by atoms with E-state index in [-0.39, 0.29) is 18.6 Å². The molecule has 5 nitrogen and oxygen atoms in total. The number of amides is 2. The molecule has 1 fully saturated rings. The number of carbonyl (C=O) groups is 2. The first-order valence-corrected chi connectivity index (χ1v) is 11.1. The minimum absolute atomic E-state index is 0.207. The van der Waals surface area contributed by atoms with Crippen molar-refractivity contribution in [3.63, 3.8) is 0 Å². The third-order valence-electron chi connectivity index (χ3n) is 5.95. The molecule has 1 unspecified atom stereocenters. The summed E-state index contributed by atoms with van der Waals surface area (Å²) in [6.45, 7) is 0.696. The van der Waals surface area contributed by atoms with Gasteiger partial charge in [-0.1, -0.05) is 54.6 Å². The maximum absolute atomic E-state index is 13.1. The summed E-state index contributed by atoms with van der Waals surface area (Å²) in [6.07, 6.45) is 6.13. The average Bonchev–Trinajstić information content (AvgIpc) is 3.61. The number of alkyl carbamates (subject to hydrolysis) is 1. The van der Waals surface area contributed by atoms with Crippen LogP contribution in [-0.4, -0.2) is 29.5 Å². The molecule has 0 heterocycles. The van der Waals surface area contributed by atoms with Crippen LogP contribution in [0.1, 0.15) is 61.3 Å². The summed E-state index contributed by atoms with van der Waals surface area (Å²) in [7, 11) is 0. The van der Waals surface area contributed by atoms with Gasteiger partial charge in [-0.05, 0) is 55.2 Å². The van der Waals surface area contributed by atoms with E-state index in [4.69, 9.17) is 4.74 Å². The zero-order chi connectivity index (χ0) is 20.8. The fourth-order valence-corrected chi connectivity index (χ4v) is 4.34. The van der Waals surface area contributed by atoms with E-state index in [2.05, 4.69) is 34.5 Å². The van der Waals surface area contributed by atoms with E-state index in [9.17, 15) is 9.59 Å². The number of nitrogens with one attached hydrogen (secondary N) is 1. The predicted octanol–water partition coefficient (Wildman–Crippen LogP) is 4.76. The molecule has 0 aromatic heterocycles. The summed E-state index contributed by atoms with van der Waals surface area (Å²) in [5.41, 5.74) is 3.66. The third kappa shape index (κ3) is 5.21. The number of hydrogen-bond donors (Lipinski definition) is 1. The number of hydrogen-bond acceptors (Lipinski definition) is 3. The second-order valence-corrected chi connectivity index (χ2v) is 8.23. The van der Waals surface area contributed by atoms with Gasteiger partial charge in [0.25, 0.3) is 0 Å². The molecular weight excluding hydrogens is 376 g/mol. The van der Waals surface area contributed by atoms with Crippen LogP contribution in [0, 0.1) is 0 Å². The van der Waals surface area contributed by atoms with Gasteiger partial charge >= 0.3 is 6.09 Å². The monoisotopic (exact) mass is 406 g/mol. The minimum atomic E-state index is -0.438. The lowest BCUT2D eigenvalue weighted by Crippen LogP contribution is -2.38. The van der Waals surface area contributed by atoms with Crippen LogP contribution < -0.4 is 5.32 Å². The number of nitrogens with zero attached hydrogens (tertiary/aromatic N) is 1. The van der Waals surface area contributed by atoms with Crippen molar-refractivity contribution in [1.82, 2.24) is 10.2 Å². The maximum atomic E-state index is 13.1. The highest BCUT2D eigenvalue weighted by molar-refractivity contribution is 5.77. The van der Waals surface area contributed by atoms with Crippen molar-refractivity contribution in [3.05, 3.63) is 71.3 Å². The van der Waals surface area contributed by atoms with Gasteiger partial charge in [0.2, 0.25) is 5.91 Å². The van der Waals surface area contributed by atoms with E-state index in [1.807, 2.05) is 30.3 Å². The molecule has 2 aliphatic rings. The van der Waals surface area contributed by atoms with Gasteiger partial charge in [0.1, 0.15) is 6.61 Å². The molecule has 2 aliphatic carbocycles. The zero-order valence-electron chi connectivity index (χ0n) is 17.4. The van der Waals surface area contributed by atoms with Gasteiger partial charge in [0.05, 0.1) is 6.04 Å². The van der Waals surface area contributed by atoms with Gasteiger partial charge in [-0.2, -0.15) is 0 Å². The van der Waals surface area contributed by atoms with Crippen LogP contribution in [0.15, 0.2) is 54.6 Å². The second-order valence-electron chi connectivity index (χ2n) is 8.23. The molecule has 0 saturated heterocycles. The molecule has 5 heteroatoms. The van der Waals surface area contributed by atoms with Crippen molar-refractivity contribution in [2.45, 2.75) is 63.6 Å². The van der Waals surface area contributed by atoms with Crippen LogP contribution in [0.4, 0.5) is 4.79 Å². The summed E-state index contributed by atoms with van der Waals surface area (Å²) >= 11 is 0. The molecule has 2 amide bonds. The maximum Gasteiger partial charge on any atom is 0.407 e. The fourth-order valence-electron chi connectivity index (χ4n) is 4.34. The van der Waals surface area contributed by atoms with E-state index >= 15 is 0 Å². The topological polar surface area (TPSA) is 58.6 Å². The number of ether oxygens (including phenoxy) is 1. The van der Waals surface area contributed by atoms with E-state index < -0.39 is 6.09 Å². The molecule has 0 aliphatic heterocycles. The molecule has 0 radical (unpaired) electrons. The number of benzene rings is 2. The second kappa shape index (κ2) is 9.79. The molecule has 1 N–H and O–H groups in total. The first kappa shape index (κ1) is 20.5. The Morgan fingerprint density at radius 2 is 1.77 bits per heavy atom. The van der Waals surface area contributed by atoms with Crippen LogP contribution in [0.3, 0.4) is 0 Å². The summed E-state index contributed by atoms with van der Waals surface area (Å²) < 4.78 is 5.22. The SMILES string of the molecule is O=C(NCCCC(=O)N(C1CC1)C1CCCc2ccccc21)OCc1ccccc1. The average molecular weight is 407 g/mol. The van der Waals surface area contributed by atoms with Gasteiger partial charge in [-0.15, -0.1) is 0 Å². The third-order valence-corrected chi connectivity index (χ3v) is 5.95. The summed E-state index contributed by atoms with van der Waals surface area (Å²) in [5.74, 6) is 0.207. The number of carbonyl (C=O) groups excluding carboxylic acids is 2. The molecule has 2 aromatic rings. The van der Waals surface area contributed by atoms with E-state index in [1.54, 1.807) is 0 Å². The molecule has 0 spiro atoms. The smallest absolute Gasteiger partial charge is 0.407 e. The Balaban J connectivity index is 1.24.